The average molecular weight is 605 g/mol. The third kappa shape index (κ3) is 6.26. The van der Waals surface area contributed by atoms with E-state index in [2.05, 4.69) is 15.2 Å². The molecule has 5 rings (SSSR count). The van der Waals surface area contributed by atoms with Crippen LogP contribution in [0.3, 0.4) is 0 Å². The van der Waals surface area contributed by atoms with E-state index in [9.17, 15) is 23.2 Å². The lowest BCUT2D eigenvalue weighted by Gasteiger charge is -2.45. The molecule has 9 nitrogen and oxygen atoms in total. The molecule has 0 aliphatic carbocycles. The second-order valence-electron chi connectivity index (χ2n) is 9.86. The predicted molar refractivity (Wildman–Crippen MR) is 145 cm³/mol. The Morgan fingerprint density at radius 1 is 0.952 bits per heavy atom. The van der Waals surface area contributed by atoms with Gasteiger partial charge in [-0.3, -0.25) is 14.5 Å². The van der Waals surface area contributed by atoms with Gasteiger partial charge in [0.05, 0.1) is 12.7 Å². The standard InChI is InChI=1S/C29H30F3N5O4.ClH/c1-28(23-7-6-10-25(19-23)40-2,35-17-15-34(16-18-35)24-8-4-3-5-9-24)27(38)33-36-20-26(41-37(36)39)21-11-13-22(14-12-21)29(30,31)32;/h3-14,19-20,37H,15-18H2,1-2H3,(H,33,38);1H/p-1. The number of carbonyl (C=O) groups excluding carboxylic acids is 1. The second-order valence-corrected chi connectivity index (χ2v) is 9.86. The van der Waals surface area contributed by atoms with Gasteiger partial charge in [0.25, 0.3) is 5.91 Å². The van der Waals surface area contributed by atoms with Crippen molar-refractivity contribution in [2.24, 2.45) is 0 Å². The van der Waals surface area contributed by atoms with Crippen molar-refractivity contribution in [2.75, 3.05) is 38.2 Å². The third-order valence-corrected chi connectivity index (χ3v) is 7.47. The number of halogens is 4. The molecule has 1 amide bonds. The minimum Gasteiger partial charge on any atom is -1.00 e. The third-order valence-electron chi connectivity index (χ3n) is 7.47. The molecule has 2 aliphatic rings. The van der Waals surface area contributed by atoms with Crippen LogP contribution in [0.15, 0.2) is 85.1 Å². The molecule has 13 heteroatoms. The normalized spacial score (nSPS) is 18.8. The van der Waals surface area contributed by atoms with Crippen LogP contribution in [0.4, 0.5) is 18.9 Å². The number of hydrogen-bond acceptors (Lipinski definition) is 7. The molecule has 3 aromatic carbocycles. The maximum Gasteiger partial charge on any atom is 0.416 e. The molecule has 0 radical (unpaired) electrons. The Morgan fingerprint density at radius 3 is 2.24 bits per heavy atom. The number of quaternary nitrogens is 1. The Hall–Kier alpha value is -3.97. The Labute approximate surface area is 247 Å². The number of hydrogen-bond donors (Lipinski definition) is 2. The number of rotatable bonds is 7. The minimum absolute atomic E-state index is 0. The number of carbonyl (C=O) groups is 1. The first-order chi connectivity index (χ1) is 19.6. The fourth-order valence-electron chi connectivity index (χ4n) is 5.03. The molecule has 2 aliphatic heterocycles. The quantitative estimate of drug-likeness (QED) is 0.376. The molecule has 1 saturated heterocycles. The molecule has 0 spiro atoms. The summed E-state index contributed by atoms with van der Waals surface area (Å²) in [6.07, 6.45) is -3.24. The maximum atomic E-state index is 14.0. The summed E-state index contributed by atoms with van der Waals surface area (Å²) < 4.78 is 44.3. The number of methoxy groups -OCH3 is 1. The summed E-state index contributed by atoms with van der Waals surface area (Å²) in [6.45, 7) is 4.28. The number of para-hydroxylation sites is 1. The van der Waals surface area contributed by atoms with Crippen molar-refractivity contribution in [3.05, 3.63) is 107 Å². The highest BCUT2D eigenvalue weighted by molar-refractivity contribution is 5.87. The van der Waals surface area contributed by atoms with Gasteiger partial charge in [0, 0.05) is 37.4 Å². The van der Waals surface area contributed by atoms with Crippen LogP contribution in [0.25, 0.3) is 5.76 Å². The number of amides is 1. The first-order valence-corrected chi connectivity index (χ1v) is 13.0. The summed E-state index contributed by atoms with van der Waals surface area (Å²) in [7, 11) is 1.54. The molecule has 0 aromatic heterocycles. The van der Waals surface area contributed by atoms with Crippen LogP contribution in [0.1, 0.15) is 23.6 Å². The fraction of sp³-hybridized carbons (Fsp3) is 0.276. The molecular formula is C29H30ClF3N5O4-. The number of ether oxygens (including phenoxy) is 1. The Bertz CT molecular complexity index is 1400. The van der Waals surface area contributed by atoms with Crippen molar-refractivity contribution in [3.8, 4) is 5.75 Å². The van der Waals surface area contributed by atoms with Crippen LogP contribution in [0.2, 0.25) is 0 Å². The number of benzene rings is 3. The van der Waals surface area contributed by atoms with E-state index in [1.807, 2.05) is 36.4 Å². The number of piperazine rings is 1. The molecule has 2 atom stereocenters. The Balaban J connectivity index is 0.00000405. The zero-order valence-corrected chi connectivity index (χ0v) is 23.7. The van der Waals surface area contributed by atoms with E-state index in [-0.39, 0.29) is 23.7 Å². The maximum absolute atomic E-state index is 14.0. The van der Waals surface area contributed by atoms with Crippen molar-refractivity contribution in [2.45, 2.75) is 18.6 Å². The number of nitrogens with zero attached hydrogens (tertiary/aromatic N) is 3. The van der Waals surface area contributed by atoms with Crippen molar-refractivity contribution in [1.82, 2.24) is 15.4 Å². The van der Waals surface area contributed by atoms with Crippen molar-refractivity contribution >= 4 is 17.4 Å². The molecule has 1 fully saturated rings. The Kier molecular flexibility index (Phi) is 9.21. The summed E-state index contributed by atoms with van der Waals surface area (Å²) in [4.78, 5) is 23.6. The van der Waals surface area contributed by atoms with Crippen molar-refractivity contribution in [3.63, 3.8) is 0 Å². The largest absolute Gasteiger partial charge is 1.00 e. The van der Waals surface area contributed by atoms with E-state index in [0.717, 1.165) is 22.9 Å². The summed E-state index contributed by atoms with van der Waals surface area (Å²) in [5.41, 5.74) is 2.65. The molecule has 0 saturated carbocycles. The lowest BCUT2D eigenvalue weighted by atomic mass is 9.88. The lowest BCUT2D eigenvalue weighted by molar-refractivity contribution is -1.12. The zero-order chi connectivity index (χ0) is 29.2. The van der Waals surface area contributed by atoms with Gasteiger partial charge in [-0.1, -0.05) is 52.9 Å². The molecular weight excluding hydrogens is 575 g/mol. The van der Waals surface area contributed by atoms with Crippen LogP contribution in [0.5, 0.6) is 5.75 Å². The molecule has 2 unspecified atom stereocenters. The van der Waals surface area contributed by atoms with E-state index >= 15 is 0 Å². The molecule has 2 heterocycles. The first kappa shape index (κ1) is 31.0. The van der Waals surface area contributed by atoms with Crippen molar-refractivity contribution < 1.29 is 45.3 Å². The van der Waals surface area contributed by atoms with Gasteiger partial charge in [-0.25, -0.2) is 5.43 Å². The summed E-state index contributed by atoms with van der Waals surface area (Å²) in [6, 6.07) is 21.4. The van der Waals surface area contributed by atoms with Gasteiger partial charge in [0.1, 0.15) is 17.5 Å². The van der Waals surface area contributed by atoms with Gasteiger partial charge >= 0.3 is 6.18 Å². The SMILES string of the molecule is COc1cccc(C(C)(C(=O)NN2C=C(c3ccc(C(F)(F)F)cc3)O[NH+]2[O-])N2CCN(c3ccccc3)CC2)c1.[Cl-]. The number of alkyl halides is 3. The molecule has 0 bridgehead atoms. The number of anilines is 1. The van der Waals surface area contributed by atoms with Gasteiger partial charge in [0.2, 0.25) is 5.76 Å². The van der Waals surface area contributed by atoms with Gasteiger partial charge in [-0.05, 0) is 48.9 Å². The zero-order valence-electron chi connectivity index (χ0n) is 22.9. The first-order valence-electron chi connectivity index (χ1n) is 13.0. The monoisotopic (exact) mass is 604 g/mol. The lowest BCUT2D eigenvalue weighted by Crippen LogP contribution is -3.12. The summed E-state index contributed by atoms with van der Waals surface area (Å²) in [5.74, 6) is 0.110. The van der Waals surface area contributed by atoms with Gasteiger partial charge < -0.3 is 27.3 Å². The van der Waals surface area contributed by atoms with E-state index < -0.39 is 28.5 Å². The van der Waals surface area contributed by atoms with Gasteiger partial charge in [-0.2, -0.15) is 13.2 Å². The van der Waals surface area contributed by atoms with Crippen LogP contribution in [-0.2, 0) is 21.3 Å². The summed E-state index contributed by atoms with van der Waals surface area (Å²) >= 11 is 0. The van der Waals surface area contributed by atoms with E-state index in [4.69, 9.17) is 9.57 Å². The Morgan fingerprint density at radius 2 is 1.62 bits per heavy atom. The second kappa shape index (κ2) is 12.5. The van der Waals surface area contributed by atoms with Gasteiger partial charge in [0.15, 0.2) is 0 Å². The van der Waals surface area contributed by atoms with Crippen LogP contribution < -0.4 is 32.8 Å². The number of hydrazine groups is 1. The molecule has 42 heavy (non-hydrogen) atoms. The molecule has 3 aromatic rings. The minimum atomic E-state index is -4.49. The predicted octanol–water partition coefficient (Wildman–Crippen LogP) is 0.330. The topological polar surface area (TPSA) is 84.8 Å². The van der Waals surface area contributed by atoms with E-state index in [1.165, 1.54) is 18.3 Å². The van der Waals surface area contributed by atoms with E-state index in [0.29, 0.717) is 37.5 Å². The van der Waals surface area contributed by atoms with Gasteiger partial charge in [-0.15, -0.1) is 0 Å². The van der Waals surface area contributed by atoms with E-state index in [1.54, 1.807) is 32.2 Å². The molecule has 224 valence electrons. The fourth-order valence-corrected chi connectivity index (χ4v) is 5.03. The smallest absolute Gasteiger partial charge is 0.416 e. The highest BCUT2D eigenvalue weighted by Crippen LogP contribution is 2.33. The number of nitrogens with one attached hydrogen (secondary N) is 2. The average Bonchev–Trinajstić information content (AvgIpc) is 3.36. The highest BCUT2D eigenvalue weighted by Gasteiger charge is 2.44. The van der Waals surface area contributed by atoms with Crippen LogP contribution in [0, 0.1) is 5.21 Å². The highest BCUT2D eigenvalue weighted by atomic mass is 35.5. The van der Waals surface area contributed by atoms with Crippen LogP contribution in [-0.4, -0.2) is 49.2 Å². The van der Waals surface area contributed by atoms with Crippen LogP contribution >= 0.6 is 0 Å². The molecule has 2 N–H and O–H groups in total. The van der Waals surface area contributed by atoms with Crippen molar-refractivity contribution in [1.29, 1.82) is 0 Å². The summed E-state index contributed by atoms with van der Waals surface area (Å²) in [5, 5.41) is 12.7.